The normalized spacial score (nSPS) is 20.9. The molecule has 4 rings (SSSR count). The second kappa shape index (κ2) is 8.13. The van der Waals surface area contributed by atoms with Gasteiger partial charge in [0.2, 0.25) is 0 Å². The van der Waals surface area contributed by atoms with Crippen molar-refractivity contribution in [1.82, 2.24) is 0 Å². The van der Waals surface area contributed by atoms with Crippen molar-refractivity contribution in [2.45, 2.75) is 46.0 Å². The van der Waals surface area contributed by atoms with Crippen molar-refractivity contribution < 1.29 is 0 Å². The minimum Gasteiger partial charge on any atom is -0.0836 e. The van der Waals surface area contributed by atoms with E-state index in [1.807, 2.05) is 0 Å². The highest BCUT2D eigenvalue weighted by atomic mass is 14.3. The first-order valence-electron chi connectivity index (χ1n) is 10.4. The largest absolute Gasteiger partial charge is 0.0836 e. The van der Waals surface area contributed by atoms with Crippen molar-refractivity contribution in [2.75, 3.05) is 0 Å². The predicted octanol–water partition coefficient (Wildman–Crippen LogP) is 7.07. The molecule has 27 heavy (non-hydrogen) atoms. The van der Waals surface area contributed by atoms with Crippen LogP contribution in [0.25, 0.3) is 0 Å². The van der Waals surface area contributed by atoms with Crippen LogP contribution in [-0.2, 0) is 12.8 Å². The van der Waals surface area contributed by atoms with E-state index in [9.17, 15) is 0 Å². The Labute approximate surface area is 164 Å². The first kappa shape index (κ1) is 18.0. The molecule has 138 valence electrons. The van der Waals surface area contributed by atoms with Crippen LogP contribution in [-0.4, -0.2) is 0 Å². The first-order valence-corrected chi connectivity index (χ1v) is 10.4. The standard InChI is InChI=1S/C27H30/c1-20(2)11-12-21-13-15-22(16-14-21)19-24-17-18-26(23-7-4-3-5-8-23)27-10-6-9-25(24)27/h4,6-10,13-18,20,27H,3,5,11-12,19H2,1-2H3. The predicted molar refractivity (Wildman–Crippen MR) is 117 cm³/mol. The monoisotopic (exact) mass is 354 g/mol. The summed E-state index contributed by atoms with van der Waals surface area (Å²) >= 11 is 0. The number of aryl methyl sites for hydroxylation is 1. The van der Waals surface area contributed by atoms with Crippen molar-refractivity contribution in [3.63, 3.8) is 0 Å². The summed E-state index contributed by atoms with van der Waals surface area (Å²) in [5.41, 5.74) is 8.69. The van der Waals surface area contributed by atoms with Gasteiger partial charge in [0.05, 0.1) is 0 Å². The lowest BCUT2D eigenvalue weighted by molar-refractivity contribution is 0.586. The number of fused-ring (bicyclic) bond motifs is 1. The molecule has 3 aliphatic carbocycles. The molecule has 0 heterocycles. The smallest absolute Gasteiger partial charge is 0.0281 e. The van der Waals surface area contributed by atoms with Crippen LogP contribution in [0.15, 0.2) is 95.2 Å². The lowest BCUT2D eigenvalue weighted by atomic mass is 9.78. The summed E-state index contributed by atoms with van der Waals surface area (Å²) in [4.78, 5) is 0. The Kier molecular flexibility index (Phi) is 5.43. The Balaban J connectivity index is 1.51. The van der Waals surface area contributed by atoms with E-state index in [1.54, 1.807) is 0 Å². The highest BCUT2D eigenvalue weighted by Gasteiger charge is 2.26. The van der Waals surface area contributed by atoms with Crippen molar-refractivity contribution in [1.29, 1.82) is 0 Å². The molecule has 0 amide bonds. The molecule has 0 N–H and O–H groups in total. The van der Waals surface area contributed by atoms with E-state index in [1.165, 1.54) is 59.1 Å². The zero-order valence-corrected chi connectivity index (χ0v) is 16.6. The summed E-state index contributed by atoms with van der Waals surface area (Å²) < 4.78 is 0. The highest BCUT2D eigenvalue weighted by molar-refractivity contribution is 5.60. The van der Waals surface area contributed by atoms with Gasteiger partial charge in [0, 0.05) is 5.92 Å². The minimum absolute atomic E-state index is 0.435. The first-order chi connectivity index (χ1) is 13.2. The highest BCUT2D eigenvalue weighted by Crippen LogP contribution is 2.40. The lowest BCUT2D eigenvalue weighted by Crippen LogP contribution is -2.12. The molecule has 0 aliphatic heterocycles. The molecule has 0 fully saturated rings. The van der Waals surface area contributed by atoms with Crippen molar-refractivity contribution >= 4 is 0 Å². The Morgan fingerprint density at radius 1 is 0.926 bits per heavy atom. The maximum Gasteiger partial charge on any atom is 0.0281 e. The topological polar surface area (TPSA) is 0 Å². The molecule has 0 bridgehead atoms. The van der Waals surface area contributed by atoms with E-state index in [4.69, 9.17) is 0 Å². The van der Waals surface area contributed by atoms with Gasteiger partial charge < -0.3 is 0 Å². The Hall–Kier alpha value is -2.34. The van der Waals surface area contributed by atoms with Gasteiger partial charge in [-0.3, -0.25) is 0 Å². The average molecular weight is 355 g/mol. The third kappa shape index (κ3) is 4.16. The molecule has 0 aromatic heterocycles. The van der Waals surface area contributed by atoms with E-state index in [0.717, 1.165) is 12.3 Å². The van der Waals surface area contributed by atoms with Gasteiger partial charge >= 0.3 is 0 Å². The SMILES string of the molecule is CC(C)CCc1ccc(CC2=CC=C(C3=CCCC=C3)C3C=CC=C23)cc1. The van der Waals surface area contributed by atoms with Crippen LogP contribution in [0.3, 0.4) is 0 Å². The fraction of sp³-hybridized carbons (Fsp3) is 0.333. The van der Waals surface area contributed by atoms with Gasteiger partial charge in [-0.05, 0) is 71.4 Å². The molecule has 1 aromatic rings. The summed E-state index contributed by atoms with van der Waals surface area (Å²) in [6.07, 6.45) is 24.4. The summed E-state index contributed by atoms with van der Waals surface area (Å²) in [6.45, 7) is 4.59. The second-order valence-corrected chi connectivity index (χ2v) is 8.36. The molecule has 0 radical (unpaired) electrons. The van der Waals surface area contributed by atoms with Gasteiger partial charge in [0.1, 0.15) is 0 Å². The molecule has 0 heteroatoms. The van der Waals surface area contributed by atoms with Crippen LogP contribution < -0.4 is 0 Å². The molecular formula is C27H30. The van der Waals surface area contributed by atoms with Crippen molar-refractivity contribution in [3.05, 3.63) is 106 Å². The van der Waals surface area contributed by atoms with Crippen LogP contribution in [0.5, 0.6) is 0 Å². The van der Waals surface area contributed by atoms with Gasteiger partial charge in [0.25, 0.3) is 0 Å². The van der Waals surface area contributed by atoms with Crippen LogP contribution >= 0.6 is 0 Å². The summed E-state index contributed by atoms with van der Waals surface area (Å²) in [7, 11) is 0. The summed E-state index contributed by atoms with van der Waals surface area (Å²) in [5, 5.41) is 0. The molecule has 1 unspecified atom stereocenters. The van der Waals surface area contributed by atoms with Crippen LogP contribution in [0.2, 0.25) is 0 Å². The van der Waals surface area contributed by atoms with E-state index < -0.39 is 0 Å². The van der Waals surface area contributed by atoms with E-state index in [0.29, 0.717) is 5.92 Å². The second-order valence-electron chi connectivity index (χ2n) is 8.36. The molecular weight excluding hydrogens is 324 g/mol. The minimum atomic E-state index is 0.435. The fourth-order valence-electron chi connectivity index (χ4n) is 4.21. The summed E-state index contributed by atoms with van der Waals surface area (Å²) in [5.74, 6) is 1.20. The fourth-order valence-corrected chi connectivity index (χ4v) is 4.21. The number of benzene rings is 1. The van der Waals surface area contributed by atoms with Gasteiger partial charge in [-0.15, -0.1) is 0 Å². The van der Waals surface area contributed by atoms with Gasteiger partial charge in [-0.25, -0.2) is 0 Å². The Bertz CT molecular complexity index is 863. The Morgan fingerprint density at radius 3 is 2.48 bits per heavy atom. The third-order valence-corrected chi connectivity index (χ3v) is 5.84. The van der Waals surface area contributed by atoms with Gasteiger partial charge in [-0.1, -0.05) is 86.7 Å². The Morgan fingerprint density at radius 2 is 1.74 bits per heavy atom. The summed E-state index contributed by atoms with van der Waals surface area (Å²) in [6, 6.07) is 9.28. The number of rotatable bonds is 6. The molecule has 0 spiro atoms. The van der Waals surface area contributed by atoms with Gasteiger partial charge in [0.15, 0.2) is 0 Å². The maximum atomic E-state index is 2.39. The van der Waals surface area contributed by atoms with E-state index in [2.05, 4.69) is 86.7 Å². The molecule has 1 atom stereocenters. The van der Waals surface area contributed by atoms with E-state index in [-0.39, 0.29) is 0 Å². The average Bonchev–Trinajstić information content (AvgIpc) is 3.19. The van der Waals surface area contributed by atoms with Crippen molar-refractivity contribution in [3.8, 4) is 0 Å². The zero-order valence-electron chi connectivity index (χ0n) is 16.6. The van der Waals surface area contributed by atoms with E-state index >= 15 is 0 Å². The third-order valence-electron chi connectivity index (χ3n) is 5.84. The van der Waals surface area contributed by atoms with Crippen LogP contribution in [0.1, 0.15) is 44.2 Å². The van der Waals surface area contributed by atoms with Gasteiger partial charge in [-0.2, -0.15) is 0 Å². The molecule has 1 aromatic carbocycles. The lowest BCUT2D eigenvalue weighted by Gasteiger charge is -2.26. The number of hydrogen-bond donors (Lipinski definition) is 0. The van der Waals surface area contributed by atoms with Crippen LogP contribution in [0, 0.1) is 11.8 Å². The molecule has 3 aliphatic rings. The zero-order chi connectivity index (χ0) is 18.6. The molecule has 0 saturated carbocycles. The maximum absolute atomic E-state index is 2.39. The molecule has 0 nitrogen and oxygen atoms in total. The van der Waals surface area contributed by atoms with Crippen LogP contribution in [0.4, 0.5) is 0 Å². The quantitative estimate of drug-likeness (QED) is 0.512. The molecule has 0 saturated heterocycles. The van der Waals surface area contributed by atoms with Crippen molar-refractivity contribution in [2.24, 2.45) is 11.8 Å². The number of hydrogen-bond acceptors (Lipinski definition) is 0. The number of allylic oxidation sites excluding steroid dienone is 12.